The number of anilines is 3. The van der Waals surface area contributed by atoms with Crippen LogP contribution >= 0.6 is 0 Å². The number of rotatable bonds is 4. The Hall–Kier alpha value is -3.65. The summed E-state index contributed by atoms with van der Waals surface area (Å²) in [5.74, 6) is 0. The van der Waals surface area contributed by atoms with E-state index in [2.05, 4.69) is 16.4 Å². The van der Waals surface area contributed by atoms with Gasteiger partial charge in [-0.2, -0.15) is 5.26 Å². The summed E-state index contributed by atoms with van der Waals surface area (Å²) in [6.07, 6.45) is 3.29. The van der Waals surface area contributed by atoms with Gasteiger partial charge in [-0.15, -0.1) is 0 Å². The molecule has 5 nitrogen and oxygen atoms in total. The Kier molecular flexibility index (Phi) is 4.44. The molecule has 0 bridgehead atoms. The Morgan fingerprint density at radius 1 is 1.16 bits per heavy atom. The highest BCUT2D eigenvalue weighted by Crippen LogP contribution is 2.26. The van der Waals surface area contributed by atoms with E-state index in [4.69, 9.17) is 11.1 Å². The number of benzene rings is 2. The minimum absolute atomic E-state index is 0.327. The van der Waals surface area contributed by atoms with Crippen LogP contribution in [0.25, 0.3) is 0 Å². The summed E-state index contributed by atoms with van der Waals surface area (Å²) in [5, 5.41) is 21.0. The molecule has 0 unspecified atom stereocenters. The van der Waals surface area contributed by atoms with Crippen LogP contribution in [0, 0.1) is 23.7 Å². The second kappa shape index (κ2) is 6.85. The summed E-state index contributed by atoms with van der Waals surface area (Å²) in [6.45, 7) is 1.90. The van der Waals surface area contributed by atoms with Crippen molar-refractivity contribution in [3.8, 4) is 6.07 Å². The first kappa shape index (κ1) is 16.2. The van der Waals surface area contributed by atoms with E-state index in [0.29, 0.717) is 22.5 Å². The van der Waals surface area contributed by atoms with Crippen LogP contribution in [-0.2, 0) is 0 Å². The molecule has 0 spiro atoms. The standard InChI is InChI=1S/C20H17N5/c1-13-3-2-4-19(17(13)12-21)25-15-5-6-18(22)16(11-15)20(23)14-7-9-24-10-8-14/h2-11,23,25H,22H2,1H3. The van der Waals surface area contributed by atoms with Crippen molar-refractivity contribution < 1.29 is 0 Å². The number of nitrogen functional groups attached to an aromatic ring is 1. The number of aryl methyl sites for hydroxylation is 1. The largest absolute Gasteiger partial charge is 0.398 e. The molecule has 0 aliphatic heterocycles. The molecule has 0 fully saturated rings. The Bertz CT molecular complexity index is 971. The molecule has 0 amide bonds. The lowest BCUT2D eigenvalue weighted by atomic mass is 10.0. The number of nitrogens with two attached hydrogens (primary N) is 1. The maximum atomic E-state index is 9.36. The van der Waals surface area contributed by atoms with E-state index < -0.39 is 0 Å². The van der Waals surface area contributed by atoms with E-state index in [0.717, 1.165) is 22.5 Å². The minimum Gasteiger partial charge on any atom is -0.398 e. The van der Waals surface area contributed by atoms with E-state index in [1.165, 1.54) is 0 Å². The average Bonchev–Trinajstić information content (AvgIpc) is 2.64. The molecular formula is C20H17N5. The number of nitrogens with one attached hydrogen (secondary N) is 2. The van der Waals surface area contributed by atoms with Crippen molar-refractivity contribution in [3.63, 3.8) is 0 Å². The van der Waals surface area contributed by atoms with Gasteiger partial charge in [-0.1, -0.05) is 12.1 Å². The van der Waals surface area contributed by atoms with Crippen LogP contribution in [0.15, 0.2) is 60.9 Å². The lowest BCUT2D eigenvalue weighted by Gasteiger charge is -2.13. The quantitative estimate of drug-likeness (QED) is 0.498. The van der Waals surface area contributed by atoms with Crippen LogP contribution in [0.1, 0.15) is 22.3 Å². The molecule has 1 heterocycles. The van der Waals surface area contributed by atoms with E-state index >= 15 is 0 Å². The Labute approximate surface area is 146 Å². The molecule has 0 atom stereocenters. The summed E-state index contributed by atoms with van der Waals surface area (Å²) in [7, 11) is 0. The fourth-order valence-electron chi connectivity index (χ4n) is 2.60. The van der Waals surface area contributed by atoms with Crippen molar-refractivity contribution in [2.24, 2.45) is 0 Å². The summed E-state index contributed by atoms with van der Waals surface area (Å²) >= 11 is 0. The van der Waals surface area contributed by atoms with Gasteiger partial charge in [-0.3, -0.25) is 10.4 Å². The van der Waals surface area contributed by atoms with Crippen molar-refractivity contribution in [1.82, 2.24) is 4.98 Å². The van der Waals surface area contributed by atoms with Gasteiger partial charge in [0.25, 0.3) is 0 Å². The normalized spacial score (nSPS) is 10.1. The summed E-state index contributed by atoms with van der Waals surface area (Å²) < 4.78 is 0. The zero-order chi connectivity index (χ0) is 17.8. The summed E-state index contributed by atoms with van der Waals surface area (Å²) in [6, 6.07) is 16.8. The van der Waals surface area contributed by atoms with Crippen LogP contribution in [0.5, 0.6) is 0 Å². The van der Waals surface area contributed by atoms with Crippen molar-refractivity contribution in [2.75, 3.05) is 11.1 Å². The zero-order valence-electron chi connectivity index (χ0n) is 13.7. The summed E-state index contributed by atoms with van der Waals surface area (Å²) in [4.78, 5) is 3.97. The molecule has 3 rings (SSSR count). The second-order valence-electron chi connectivity index (χ2n) is 5.65. The molecular weight excluding hydrogens is 310 g/mol. The first-order valence-electron chi connectivity index (χ1n) is 7.75. The number of pyridine rings is 1. The lowest BCUT2D eigenvalue weighted by Crippen LogP contribution is -2.06. The molecule has 122 valence electrons. The molecule has 2 aromatic carbocycles. The Morgan fingerprint density at radius 3 is 2.64 bits per heavy atom. The van der Waals surface area contributed by atoms with Crippen LogP contribution in [0.4, 0.5) is 17.1 Å². The predicted octanol–water partition coefficient (Wildman–Crippen LogP) is 4.00. The van der Waals surface area contributed by atoms with Crippen LogP contribution < -0.4 is 11.1 Å². The maximum absolute atomic E-state index is 9.36. The summed E-state index contributed by atoms with van der Waals surface area (Å²) in [5.41, 5.74) is 11.3. The number of aromatic nitrogens is 1. The van der Waals surface area contributed by atoms with E-state index in [1.54, 1.807) is 30.6 Å². The third-order valence-electron chi connectivity index (χ3n) is 3.96. The van der Waals surface area contributed by atoms with Crippen molar-refractivity contribution >= 4 is 22.8 Å². The third-order valence-corrected chi connectivity index (χ3v) is 3.96. The van der Waals surface area contributed by atoms with Gasteiger partial charge in [0.2, 0.25) is 0 Å². The van der Waals surface area contributed by atoms with E-state index in [1.807, 2.05) is 37.3 Å². The number of hydrogen-bond donors (Lipinski definition) is 3. The fraction of sp³-hybridized carbons (Fsp3) is 0.0500. The van der Waals surface area contributed by atoms with Gasteiger partial charge in [0, 0.05) is 34.9 Å². The monoisotopic (exact) mass is 327 g/mol. The SMILES string of the molecule is Cc1cccc(Nc2ccc(N)c(C(=N)c3ccncc3)c2)c1C#N. The molecule has 25 heavy (non-hydrogen) atoms. The predicted molar refractivity (Wildman–Crippen MR) is 100 cm³/mol. The molecule has 0 aliphatic carbocycles. The van der Waals surface area contributed by atoms with Gasteiger partial charge < -0.3 is 11.1 Å². The Morgan fingerprint density at radius 2 is 1.92 bits per heavy atom. The highest BCUT2D eigenvalue weighted by atomic mass is 14.9. The Balaban J connectivity index is 1.97. The van der Waals surface area contributed by atoms with Crippen molar-refractivity contribution in [2.45, 2.75) is 6.92 Å². The average molecular weight is 327 g/mol. The molecule has 5 heteroatoms. The highest BCUT2D eigenvalue weighted by Gasteiger charge is 2.11. The van der Waals surface area contributed by atoms with E-state index in [-0.39, 0.29) is 0 Å². The van der Waals surface area contributed by atoms with Crippen LogP contribution in [0.2, 0.25) is 0 Å². The van der Waals surface area contributed by atoms with Crippen LogP contribution in [-0.4, -0.2) is 10.7 Å². The van der Waals surface area contributed by atoms with Crippen molar-refractivity contribution in [3.05, 3.63) is 83.2 Å². The molecule has 0 saturated carbocycles. The first-order valence-corrected chi connectivity index (χ1v) is 7.75. The number of nitrogens with zero attached hydrogens (tertiary/aromatic N) is 2. The van der Waals surface area contributed by atoms with Gasteiger partial charge >= 0.3 is 0 Å². The van der Waals surface area contributed by atoms with Gasteiger partial charge in [-0.05, 0) is 48.9 Å². The molecule has 0 aliphatic rings. The molecule has 4 N–H and O–H groups in total. The fourth-order valence-corrected chi connectivity index (χ4v) is 2.60. The topological polar surface area (TPSA) is 98.6 Å². The molecule has 3 aromatic rings. The van der Waals surface area contributed by atoms with Gasteiger partial charge in [0.15, 0.2) is 0 Å². The van der Waals surface area contributed by atoms with Gasteiger partial charge in [0.05, 0.1) is 17.0 Å². The molecule has 1 aromatic heterocycles. The number of nitriles is 1. The first-order chi connectivity index (χ1) is 12.1. The van der Waals surface area contributed by atoms with Gasteiger partial charge in [-0.25, -0.2) is 0 Å². The molecule has 0 saturated heterocycles. The molecule has 0 radical (unpaired) electrons. The van der Waals surface area contributed by atoms with Crippen molar-refractivity contribution in [1.29, 1.82) is 10.7 Å². The van der Waals surface area contributed by atoms with E-state index in [9.17, 15) is 5.26 Å². The van der Waals surface area contributed by atoms with Crippen LogP contribution in [0.3, 0.4) is 0 Å². The maximum Gasteiger partial charge on any atom is 0.102 e. The number of hydrogen-bond acceptors (Lipinski definition) is 5. The lowest BCUT2D eigenvalue weighted by molar-refractivity contribution is 1.31. The zero-order valence-corrected chi connectivity index (χ0v) is 13.7. The highest BCUT2D eigenvalue weighted by molar-refractivity contribution is 6.14. The second-order valence-corrected chi connectivity index (χ2v) is 5.65. The smallest absolute Gasteiger partial charge is 0.102 e. The van der Waals surface area contributed by atoms with Gasteiger partial charge in [0.1, 0.15) is 6.07 Å². The third kappa shape index (κ3) is 3.33. The minimum atomic E-state index is 0.327.